The molecule has 0 bridgehead atoms. The van der Waals surface area contributed by atoms with E-state index in [1.54, 1.807) is 24.3 Å². The van der Waals surface area contributed by atoms with E-state index < -0.39 is 0 Å². The van der Waals surface area contributed by atoms with Crippen molar-refractivity contribution in [3.63, 3.8) is 0 Å². The lowest BCUT2D eigenvalue weighted by molar-refractivity contribution is 0.0956. The van der Waals surface area contributed by atoms with Crippen LogP contribution in [0.25, 0.3) is 10.1 Å². The molecule has 2 aromatic carbocycles. The number of benzene rings is 2. The van der Waals surface area contributed by atoms with Crippen molar-refractivity contribution < 1.29 is 9.59 Å². The average Bonchev–Trinajstić information content (AvgIpc) is 2.93. The van der Waals surface area contributed by atoms with E-state index in [1.807, 2.05) is 31.2 Å². The van der Waals surface area contributed by atoms with Gasteiger partial charge in [-0.3, -0.25) is 9.59 Å². The van der Waals surface area contributed by atoms with E-state index in [1.165, 1.54) is 11.3 Å². The highest BCUT2D eigenvalue weighted by atomic mass is 35.5. The molecule has 4 nitrogen and oxygen atoms in total. The Morgan fingerprint density at radius 3 is 2.50 bits per heavy atom. The molecule has 24 heavy (non-hydrogen) atoms. The first-order valence-corrected chi connectivity index (χ1v) is 8.67. The molecule has 0 aliphatic heterocycles. The van der Waals surface area contributed by atoms with Crippen LogP contribution in [0.3, 0.4) is 0 Å². The SMILES string of the molecule is CCNC(=O)c1ccccc1NC(=O)c1sc2ccccc2c1Cl. The molecular weight excluding hydrogens is 344 g/mol. The number of fused-ring (bicyclic) bond motifs is 1. The van der Waals surface area contributed by atoms with Crippen LogP contribution in [0.15, 0.2) is 48.5 Å². The fourth-order valence-electron chi connectivity index (χ4n) is 2.39. The predicted molar refractivity (Wildman–Crippen MR) is 99.2 cm³/mol. The maximum atomic E-state index is 12.6. The van der Waals surface area contributed by atoms with Crippen molar-refractivity contribution in [1.29, 1.82) is 0 Å². The van der Waals surface area contributed by atoms with Gasteiger partial charge in [0.1, 0.15) is 4.88 Å². The molecule has 3 rings (SSSR count). The highest BCUT2D eigenvalue weighted by molar-refractivity contribution is 7.21. The molecule has 0 fully saturated rings. The van der Waals surface area contributed by atoms with Crippen LogP contribution >= 0.6 is 22.9 Å². The minimum absolute atomic E-state index is 0.226. The number of para-hydroxylation sites is 1. The van der Waals surface area contributed by atoms with Gasteiger partial charge in [-0.25, -0.2) is 0 Å². The Morgan fingerprint density at radius 2 is 1.75 bits per heavy atom. The number of thiophene rings is 1. The van der Waals surface area contributed by atoms with Gasteiger partial charge in [0.25, 0.3) is 11.8 Å². The van der Waals surface area contributed by atoms with Gasteiger partial charge in [-0.05, 0) is 25.1 Å². The van der Waals surface area contributed by atoms with Gasteiger partial charge in [0.2, 0.25) is 0 Å². The Hall–Kier alpha value is -2.37. The molecule has 6 heteroatoms. The lowest BCUT2D eigenvalue weighted by atomic mass is 10.1. The third kappa shape index (κ3) is 3.13. The summed E-state index contributed by atoms with van der Waals surface area (Å²) < 4.78 is 0.949. The van der Waals surface area contributed by atoms with Crippen LogP contribution in [-0.4, -0.2) is 18.4 Å². The second kappa shape index (κ2) is 7.03. The highest BCUT2D eigenvalue weighted by Crippen LogP contribution is 2.35. The van der Waals surface area contributed by atoms with E-state index in [4.69, 9.17) is 11.6 Å². The zero-order valence-electron chi connectivity index (χ0n) is 12.9. The molecule has 0 atom stereocenters. The number of rotatable bonds is 4. The standard InChI is InChI=1S/C18H15ClN2O2S/c1-2-20-17(22)11-7-3-5-9-13(11)21-18(23)16-15(19)12-8-4-6-10-14(12)24-16/h3-10H,2H2,1H3,(H,20,22)(H,21,23). The second-order valence-corrected chi connectivity index (χ2v) is 6.53. The highest BCUT2D eigenvalue weighted by Gasteiger charge is 2.19. The van der Waals surface area contributed by atoms with E-state index in [9.17, 15) is 9.59 Å². The zero-order valence-corrected chi connectivity index (χ0v) is 14.5. The summed E-state index contributed by atoms with van der Waals surface area (Å²) in [4.78, 5) is 25.2. The summed E-state index contributed by atoms with van der Waals surface area (Å²) in [5, 5.41) is 6.82. The van der Waals surface area contributed by atoms with Crippen molar-refractivity contribution in [1.82, 2.24) is 5.32 Å². The molecule has 2 N–H and O–H groups in total. The third-order valence-corrected chi connectivity index (χ3v) is 5.17. The van der Waals surface area contributed by atoms with Crippen LogP contribution in [0, 0.1) is 0 Å². The Bertz CT molecular complexity index is 920. The summed E-state index contributed by atoms with van der Waals surface area (Å²) in [5.74, 6) is -0.547. The summed E-state index contributed by atoms with van der Waals surface area (Å²) in [6.45, 7) is 2.36. The van der Waals surface area contributed by atoms with Gasteiger partial charge in [0.05, 0.1) is 16.3 Å². The van der Waals surface area contributed by atoms with Crippen molar-refractivity contribution in [2.45, 2.75) is 6.92 Å². The average molecular weight is 359 g/mol. The van der Waals surface area contributed by atoms with Crippen LogP contribution < -0.4 is 10.6 Å². The maximum Gasteiger partial charge on any atom is 0.267 e. The molecule has 0 aliphatic carbocycles. The monoisotopic (exact) mass is 358 g/mol. The van der Waals surface area contributed by atoms with Crippen molar-refractivity contribution in [3.05, 3.63) is 64.0 Å². The van der Waals surface area contributed by atoms with Crippen LogP contribution in [-0.2, 0) is 0 Å². The molecule has 0 saturated carbocycles. The van der Waals surface area contributed by atoms with E-state index in [0.717, 1.165) is 10.1 Å². The van der Waals surface area contributed by atoms with Crippen LogP contribution in [0.2, 0.25) is 5.02 Å². The van der Waals surface area contributed by atoms with Gasteiger partial charge in [-0.15, -0.1) is 11.3 Å². The van der Waals surface area contributed by atoms with E-state index in [0.29, 0.717) is 27.7 Å². The van der Waals surface area contributed by atoms with Crippen molar-refractivity contribution in [2.75, 3.05) is 11.9 Å². The minimum Gasteiger partial charge on any atom is -0.352 e. The molecule has 3 aromatic rings. The quantitative estimate of drug-likeness (QED) is 0.718. The lowest BCUT2D eigenvalue weighted by Gasteiger charge is -2.10. The number of halogens is 1. The topological polar surface area (TPSA) is 58.2 Å². The van der Waals surface area contributed by atoms with E-state index >= 15 is 0 Å². The second-order valence-electron chi connectivity index (χ2n) is 5.10. The first kappa shape index (κ1) is 16.5. The van der Waals surface area contributed by atoms with Gasteiger partial charge in [0.15, 0.2) is 0 Å². The molecule has 1 aromatic heterocycles. The zero-order chi connectivity index (χ0) is 17.1. The first-order valence-electron chi connectivity index (χ1n) is 7.47. The van der Waals surface area contributed by atoms with Crippen LogP contribution in [0.4, 0.5) is 5.69 Å². The Labute approximate surface area is 148 Å². The minimum atomic E-state index is -0.321. The van der Waals surface area contributed by atoms with Crippen molar-refractivity contribution in [2.24, 2.45) is 0 Å². The van der Waals surface area contributed by atoms with Gasteiger partial charge in [-0.1, -0.05) is 41.9 Å². The van der Waals surface area contributed by atoms with E-state index in [-0.39, 0.29) is 11.8 Å². The summed E-state index contributed by atoms with van der Waals surface area (Å²) in [6.07, 6.45) is 0. The molecule has 0 unspecified atom stereocenters. The Morgan fingerprint density at radius 1 is 1.04 bits per heavy atom. The summed E-state index contributed by atoms with van der Waals surface area (Å²) in [5.41, 5.74) is 0.881. The summed E-state index contributed by atoms with van der Waals surface area (Å²) in [7, 11) is 0. The molecule has 0 radical (unpaired) electrons. The number of amides is 2. The van der Waals surface area contributed by atoms with E-state index in [2.05, 4.69) is 10.6 Å². The molecule has 0 aliphatic rings. The van der Waals surface area contributed by atoms with Gasteiger partial charge < -0.3 is 10.6 Å². The van der Waals surface area contributed by atoms with Gasteiger partial charge in [0, 0.05) is 16.6 Å². The largest absolute Gasteiger partial charge is 0.352 e. The molecule has 0 saturated heterocycles. The molecule has 122 valence electrons. The molecule has 2 amide bonds. The predicted octanol–water partition coefficient (Wildman–Crippen LogP) is 4.56. The fourth-order valence-corrected chi connectivity index (χ4v) is 3.80. The van der Waals surface area contributed by atoms with Gasteiger partial charge in [-0.2, -0.15) is 0 Å². The number of carbonyl (C=O) groups excluding carboxylic acids is 2. The van der Waals surface area contributed by atoms with Crippen LogP contribution in [0.1, 0.15) is 27.0 Å². The Kier molecular flexibility index (Phi) is 4.83. The summed E-state index contributed by atoms with van der Waals surface area (Å²) in [6, 6.07) is 14.5. The van der Waals surface area contributed by atoms with Crippen molar-refractivity contribution in [3.8, 4) is 0 Å². The number of nitrogens with one attached hydrogen (secondary N) is 2. The normalized spacial score (nSPS) is 10.6. The van der Waals surface area contributed by atoms with Gasteiger partial charge >= 0.3 is 0 Å². The number of anilines is 1. The lowest BCUT2D eigenvalue weighted by Crippen LogP contribution is -2.24. The molecule has 1 heterocycles. The Balaban J connectivity index is 1.92. The first-order chi connectivity index (χ1) is 11.6. The smallest absolute Gasteiger partial charge is 0.267 e. The summed E-state index contributed by atoms with van der Waals surface area (Å²) >= 11 is 7.67. The number of carbonyl (C=O) groups is 2. The maximum absolute atomic E-state index is 12.6. The molecular formula is C18H15ClN2O2S. The fraction of sp³-hybridized carbons (Fsp3) is 0.111. The molecule has 0 spiro atoms. The number of hydrogen-bond acceptors (Lipinski definition) is 3. The third-order valence-electron chi connectivity index (χ3n) is 3.50. The van der Waals surface area contributed by atoms with Crippen LogP contribution in [0.5, 0.6) is 0 Å². The number of hydrogen-bond donors (Lipinski definition) is 2. The van der Waals surface area contributed by atoms with Crippen molar-refractivity contribution >= 4 is 50.5 Å².